The van der Waals surface area contributed by atoms with Gasteiger partial charge in [0.1, 0.15) is 24.4 Å². The topological polar surface area (TPSA) is 117 Å². The normalized spacial score (nSPS) is 29.2. The van der Waals surface area contributed by atoms with E-state index in [-0.39, 0.29) is 22.6 Å². The molecule has 2 heterocycles. The lowest BCUT2D eigenvalue weighted by Gasteiger charge is -2.36. The highest BCUT2D eigenvalue weighted by Crippen LogP contribution is 2.33. The van der Waals surface area contributed by atoms with Crippen LogP contribution in [0.15, 0.2) is 18.2 Å². The summed E-state index contributed by atoms with van der Waals surface area (Å²) in [6.45, 7) is 0.499. The number of hydrogen-bond acceptors (Lipinski definition) is 7. The molecule has 0 bridgehead atoms. The molecule has 3 N–H and O–H groups in total. The molecule has 1 unspecified atom stereocenters. The number of aliphatic hydroxyl groups excluding tert-OH is 3. The lowest BCUT2D eigenvalue weighted by Crippen LogP contribution is -2.52. The number of Topliss-reactive ketones (excluding diaryl/α,β-unsaturated/α-hetero) is 1. The van der Waals surface area contributed by atoms with E-state index in [2.05, 4.69) is 0 Å². The van der Waals surface area contributed by atoms with Crippen LogP contribution < -0.4 is 0 Å². The summed E-state index contributed by atoms with van der Waals surface area (Å²) in [5.74, 6) is -1.09. The maximum atomic E-state index is 12.9. The molecule has 1 amide bonds. The number of halogens is 1. The molecule has 8 nitrogen and oxygen atoms in total. The minimum Gasteiger partial charge on any atom is -0.394 e. The Hall–Kier alpha value is -1.55. The van der Waals surface area contributed by atoms with E-state index in [4.69, 9.17) is 21.1 Å². The van der Waals surface area contributed by atoms with Crippen molar-refractivity contribution in [2.24, 2.45) is 0 Å². The van der Waals surface area contributed by atoms with Gasteiger partial charge in [0, 0.05) is 20.2 Å². The van der Waals surface area contributed by atoms with Gasteiger partial charge in [-0.1, -0.05) is 17.7 Å². The van der Waals surface area contributed by atoms with E-state index in [0.29, 0.717) is 18.7 Å². The number of rotatable bonds is 4. The Bertz CT molecular complexity index is 735. The van der Waals surface area contributed by atoms with Crippen LogP contribution in [0, 0.1) is 0 Å². The smallest absolute Gasteiger partial charge is 0.255 e. The summed E-state index contributed by atoms with van der Waals surface area (Å²) >= 11 is 6.23. The number of ketones is 1. The molecule has 0 spiro atoms. The van der Waals surface area contributed by atoms with Gasteiger partial charge in [-0.2, -0.15) is 0 Å². The summed E-state index contributed by atoms with van der Waals surface area (Å²) in [5.41, 5.74) is 0.607. The van der Waals surface area contributed by atoms with Crippen molar-refractivity contribution in [2.75, 3.05) is 26.8 Å². The fourth-order valence-electron chi connectivity index (χ4n) is 3.60. The zero-order chi connectivity index (χ0) is 20.4. The van der Waals surface area contributed by atoms with E-state index in [0.717, 1.165) is 12.8 Å². The fraction of sp³-hybridized carbons (Fsp3) is 0.579. The van der Waals surface area contributed by atoms with Crippen LogP contribution in [0.25, 0.3) is 0 Å². The van der Waals surface area contributed by atoms with Crippen molar-refractivity contribution in [3.05, 3.63) is 34.3 Å². The molecule has 0 radical (unpaired) electrons. The van der Waals surface area contributed by atoms with Gasteiger partial charge >= 0.3 is 0 Å². The molecule has 1 aromatic carbocycles. The number of nitrogens with zero attached hydrogens (tertiary/aromatic N) is 1. The van der Waals surface area contributed by atoms with Crippen LogP contribution in [0.3, 0.4) is 0 Å². The van der Waals surface area contributed by atoms with Crippen LogP contribution in [0.5, 0.6) is 0 Å². The van der Waals surface area contributed by atoms with Crippen LogP contribution >= 0.6 is 11.6 Å². The van der Waals surface area contributed by atoms with E-state index in [9.17, 15) is 24.9 Å². The predicted molar refractivity (Wildman–Crippen MR) is 99.1 cm³/mol. The Morgan fingerprint density at radius 1 is 1.29 bits per heavy atom. The van der Waals surface area contributed by atoms with Gasteiger partial charge in [-0.05, 0) is 30.5 Å². The number of aliphatic hydroxyl groups is 3. The summed E-state index contributed by atoms with van der Waals surface area (Å²) in [6.07, 6.45) is -3.89. The number of hydrogen-bond donors (Lipinski definition) is 3. The number of carbonyl (C=O) groups excluding carboxylic acids is 2. The average Bonchev–Trinajstić information content (AvgIpc) is 2.72. The minimum absolute atomic E-state index is 0.129. The zero-order valence-electron chi connectivity index (χ0n) is 15.5. The van der Waals surface area contributed by atoms with Crippen molar-refractivity contribution in [3.8, 4) is 0 Å². The Balaban J connectivity index is 1.83. The van der Waals surface area contributed by atoms with Crippen LogP contribution in [0.4, 0.5) is 0 Å². The van der Waals surface area contributed by atoms with Gasteiger partial charge in [-0.25, -0.2) is 0 Å². The molecule has 9 heteroatoms. The van der Waals surface area contributed by atoms with Crippen LogP contribution in [-0.4, -0.2) is 83.1 Å². The number of amides is 1. The van der Waals surface area contributed by atoms with Crippen molar-refractivity contribution in [2.45, 2.75) is 43.4 Å². The molecule has 2 aliphatic heterocycles. The molecule has 3 rings (SSSR count). The van der Waals surface area contributed by atoms with Crippen molar-refractivity contribution in [1.29, 1.82) is 0 Å². The first kappa shape index (κ1) is 21.2. The molecular formula is C19H24ClNO7. The number of carbonyl (C=O) groups is 2. The Kier molecular flexibility index (Phi) is 6.69. The third-order valence-electron chi connectivity index (χ3n) is 5.34. The van der Waals surface area contributed by atoms with Gasteiger partial charge in [0.15, 0.2) is 5.78 Å². The third-order valence-corrected chi connectivity index (χ3v) is 5.66. The molecule has 2 aliphatic rings. The van der Waals surface area contributed by atoms with E-state index in [1.807, 2.05) is 0 Å². The molecule has 1 aromatic rings. The van der Waals surface area contributed by atoms with Crippen LogP contribution in [0.2, 0.25) is 5.02 Å². The fourth-order valence-corrected chi connectivity index (χ4v) is 3.80. The largest absolute Gasteiger partial charge is 0.394 e. The Morgan fingerprint density at radius 3 is 2.57 bits per heavy atom. The van der Waals surface area contributed by atoms with Crippen LogP contribution in [0.1, 0.15) is 34.9 Å². The summed E-state index contributed by atoms with van der Waals surface area (Å²) in [7, 11) is 1.65. The first-order chi connectivity index (χ1) is 13.4. The standard InChI is InChI=1S/C19H24ClNO7/c1-27-11-4-6-21(7-5-11)19(26)12-8-10(2-3-13(12)20)18-17(25)16(24)15(23)14(9-22)28-18/h2-3,8,11,14-15,17-18,22-23,25H,4-7,9H2,1H3/t14-,15-,17?,18+/m1/s1. The highest BCUT2D eigenvalue weighted by molar-refractivity contribution is 6.33. The van der Waals surface area contributed by atoms with Gasteiger partial charge in [0.25, 0.3) is 5.91 Å². The minimum atomic E-state index is -1.61. The Labute approximate surface area is 167 Å². The quantitative estimate of drug-likeness (QED) is 0.650. The highest BCUT2D eigenvalue weighted by Gasteiger charge is 2.44. The highest BCUT2D eigenvalue weighted by atomic mass is 35.5. The van der Waals surface area contributed by atoms with Crippen molar-refractivity contribution >= 4 is 23.3 Å². The molecule has 0 aromatic heterocycles. The molecule has 154 valence electrons. The third kappa shape index (κ3) is 4.07. The molecule has 0 saturated carbocycles. The lowest BCUT2D eigenvalue weighted by atomic mass is 9.91. The maximum absolute atomic E-state index is 12.9. The molecule has 4 atom stereocenters. The first-order valence-electron chi connectivity index (χ1n) is 9.15. The number of likely N-dealkylation sites (tertiary alicyclic amines) is 1. The van der Waals surface area contributed by atoms with Gasteiger partial charge in [0.05, 0.1) is 23.3 Å². The molecule has 0 aliphatic carbocycles. The number of piperidine rings is 1. The Morgan fingerprint density at radius 2 is 1.96 bits per heavy atom. The molecule has 2 saturated heterocycles. The summed E-state index contributed by atoms with van der Waals surface area (Å²) < 4.78 is 10.8. The first-order valence-corrected chi connectivity index (χ1v) is 9.52. The van der Waals surface area contributed by atoms with Crippen molar-refractivity contribution < 1.29 is 34.4 Å². The molecule has 28 heavy (non-hydrogen) atoms. The van der Waals surface area contributed by atoms with E-state index in [1.165, 1.54) is 12.1 Å². The monoisotopic (exact) mass is 413 g/mol. The lowest BCUT2D eigenvalue weighted by molar-refractivity contribution is -0.189. The van der Waals surface area contributed by atoms with Gasteiger partial charge in [0.2, 0.25) is 0 Å². The van der Waals surface area contributed by atoms with Crippen molar-refractivity contribution in [1.82, 2.24) is 4.90 Å². The summed E-state index contributed by atoms with van der Waals surface area (Å²) in [6, 6.07) is 4.54. The molecular weight excluding hydrogens is 390 g/mol. The number of ether oxygens (including phenoxy) is 2. The maximum Gasteiger partial charge on any atom is 0.255 e. The number of methoxy groups -OCH3 is 1. The predicted octanol–water partition coefficient (Wildman–Crippen LogP) is 0.314. The average molecular weight is 414 g/mol. The summed E-state index contributed by atoms with van der Waals surface area (Å²) in [4.78, 5) is 26.7. The SMILES string of the molecule is COC1CCN(C(=O)c2cc([C@@H]3O[C@H](CO)[C@@H](O)C(=O)C3O)ccc2Cl)CC1. The van der Waals surface area contributed by atoms with Gasteiger partial charge in [-0.15, -0.1) is 0 Å². The van der Waals surface area contributed by atoms with E-state index in [1.54, 1.807) is 18.1 Å². The van der Waals surface area contributed by atoms with E-state index >= 15 is 0 Å². The van der Waals surface area contributed by atoms with Crippen molar-refractivity contribution in [3.63, 3.8) is 0 Å². The van der Waals surface area contributed by atoms with Gasteiger partial charge in [-0.3, -0.25) is 9.59 Å². The van der Waals surface area contributed by atoms with Crippen LogP contribution in [-0.2, 0) is 14.3 Å². The summed E-state index contributed by atoms with van der Waals surface area (Å²) in [5, 5.41) is 29.6. The second kappa shape index (κ2) is 8.86. The number of benzene rings is 1. The molecule has 2 fully saturated rings. The second-order valence-corrected chi connectivity index (χ2v) is 7.44. The second-order valence-electron chi connectivity index (χ2n) is 7.04. The van der Waals surface area contributed by atoms with Gasteiger partial charge < -0.3 is 29.7 Å². The van der Waals surface area contributed by atoms with E-state index < -0.39 is 36.8 Å². The zero-order valence-corrected chi connectivity index (χ0v) is 16.2.